The summed E-state index contributed by atoms with van der Waals surface area (Å²) < 4.78 is 5.68. The Morgan fingerprint density at radius 3 is 3.00 bits per heavy atom. The second kappa shape index (κ2) is 6.31. The lowest BCUT2D eigenvalue weighted by Gasteiger charge is -2.38. The second-order valence-corrected chi connectivity index (χ2v) is 5.75. The number of hydrogen-bond acceptors (Lipinski definition) is 3. The molecule has 4 nitrogen and oxygen atoms in total. The van der Waals surface area contributed by atoms with Crippen LogP contribution in [-0.2, 0) is 9.53 Å². The number of nitrogens with zero attached hydrogens (tertiary/aromatic N) is 1. The summed E-state index contributed by atoms with van der Waals surface area (Å²) in [5.74, 6) is 0.0990. The van der Waals surface area contributed by atoms with Crippen LogP contribution in [0.4, 0.5) is 0 Å². The molecule has 2 atom stereocenters. The molecule has 0 unspecified atom stereocenters. The van der Waals surface area contributed by atoms with Gasteiger partial charge in [-0.05, 0) is 37.0 Å². The van der Waals surface area contributed by atoms with Crippen LogP contribution < -0.4 is 5.32 Å². The van der Waals surface area contributed by atoms with E-state index in [0.29, 0.717) is 6.54 Å². The van der Waals surface area contributed by atoms with E-state index in [2.05, 4.69) is 35.3 Å². The molecule has 0 saturated carbocycles. The molecule has 2 aliphatic rings. The maximum absolute atomic E-state index is 12.4. The van der Waals surface area contributed by atoms with Gasteiger partial charge in [-0.25, -0.2) is 0 Å². The fraction of sp³-hybridized carbons (Fsp3) is 0.471. The molecule has 0 spiro atoms. The normalized spacial score (nSPS) is 26.2. The predicted octanol–water partition coefficient (Wildman–Crippen LogP) is 2.16. The number of piperazine rings is 1. The first-order chi connectivity index (χ1) is 10.3. The summed E-state index contributed by atoms with van der Waals surface area (Å²) in [4.78, 5) is 14.6. The molecule has 1 fully saturated rings. The van der Waals surface area contributed by atoms with E-state index in [9.17, 15) is 4.79 Å². The number of allylic oxidation sites excluding steroid dienone is 1. The predicted molar refractivity (Wildman–Crippen MR) is 81.7 cm³/mol. The largest absolute Gasteiger partial charge is 0.497 e. The van der Waals surface area contributed by atoms with Crippen molar-refractivity contribution in [2.45, 2.75) is 31.9 Å². The van der Waals surface area contributed by atoms with Gasteiger partial charge >= 0.3 is 0 Å². The van der Waals surface area contributed by atoms with E-state index in [4.69, 9.17) is 4.74 Å². The van der Waals surface area contributed by atoms with Gasteiger partial charge in [0.05, 0.1) is 6.26 Å². The van der Waals surface area contributed by atoms with E-state index in [-0.39, 0.29) is 18.1 Å². The number of carbonyl (C=O) groups is 1. The number of nitrogens with one attached hydrogen (secondary N) is 1. The van der Waals surface area contributed by atoms with Gasteiger partial charge < -0.3 is 10.1 Å². The fourth-order valence-corrected chi connectivity index (χ4v) is 3.12. The fourth-order valence-electron chi connectivity index (χ4n) is 3.12. The van der Waals surface area contributed by atoms with E-state index in [0.717, 1.165) is 37.1 Å². The van der Waals surface area contributed by atoms with Crippen molar-refractivity contribution in [1.82, 2.24) is 10.2 Å². The Bertz CT molecular complexity index is 541. The van der Waals surface area contributed by atoms with Gasteiger partial charge in [-0.1, -0.05) is 24.3 Å². The summed E-state index contributed by atoms with van der Waals surface area (Å²) in [6.45, 7) is 4.45. The molecule has 1 N–H and O–H groups in total. The Kier molecular flexibility index (Phi) is 4.25. The first-order valence-corrected chi connectivity index (χ1v) is 7.63. The van der Waals surface area contributed by atoms with Gasteiger partial charge in [-0.2, -0.15) is 0 Å². The minimum absolute atomic E-state index is 0.0990. The number of hydrogen-bond donors (Lipinski definition) is 1. The number of aryl methyl sites for hydroxylation is 1. The molecular weight excluding hydrogens is 264 g/mol. The number of ether oxygens (including phenoxy) is 1. The van der Waals surface area contributed by atoms with Crippen molar-refractivity contribution in [1.29, 1.82) is 0 Å². The Labute approximate surface area is 125 Å². The van der Waals surface area contributed by atoms with E-state index in [1.807, 2.05) is 12.1 Å². The zero-order valence-corrected chi connectivity index (χ0v) is 12.4. The summed E-state index contributed by atoms with van der Waals surface area (Å²) >= 11 is 0. The van der Waals surface area contributed by atoms with Gasteiger partial charge in [-0.15, -0.1) is 0 Å². The zero-order valence-electron chi connectivity index (χ0n) is 12.4. The summed E-state index contributed by atoms with van der Waals surface area (Å²) in [5, 5.41) is 2.99. The van der Waals surface area contributed by atoms with Gasteiger partial charge in [0.1, 0.15) is 12.1 Å². The highest BCUT2D eigenvalue weighted by Crippen LogP contribution is 2.27. The van der Waals surface area contributed by atoms with Gasteiger partial charge in [0.15, 0.2) is 0 Å². The topological polar surface area (TPSA) is 41.6 Å². The highest BCUT2D eigenvalue weighted by Gasteiger charge is 2.33. The van der Waals surface area contributed by atoms with Crippen molar-refractivity contribution in [2.24, 2.45) is 0 Å². The molecule has 0 radical (unpaired) electrons. The zero-order chi connectivity index (χ0) is 14.7. The van der Waals surface area contributed by atoms with Crippen LogP contribution in [-0.4, -0.2) is 36.5 Å². The third-order valence-corrected chi connectivity index (χ3v) is 4.26. The highest BCUT2D eigenvalue weighted by molar-refractivity contribution is 5.84. The average molecular weight is 286 g/mol. The van der Waals surface area contributed by atoms with Crippen LogP contribution in [0.2, 0.25) is 0 Å². The second-order valence-electron chi connectivity index (χ2n) is 5.75. The molecule has 2 heterocycles. The van der Waals surface area contributed by atoms with Crippen LogP contribution in [0, 0.1) is 6.92 Å². The van der Waals surface area contributed by atoms with Crippen LogP contribution in [0.3, 0.4) is 0 Å². The number of benzene rings is 1. The van der Waals surface area contributed by atoms with E-state index >= 15 is 0 Å². The van der Waals surface area contributed by atoms with Crippen molar-refractivity contribution in [3.63, 3.8) is 0 Å². The van der Waals surface area contributed by atoms with Crippen LogP contribution >= 0.6 is 0 Å². The number of carbonyl (C=O) groups excluding carboxylic acids is 1. The first kappa shape index (κ1) is 14.1. The number of rotatable bonds is 3. The van der Waals surface area contributed by atoms with Gasteiger partial charge in [0.25, 0.3) is 0 Å². The lowest BCUT2D eigenvalue weighted by Crippen LogP contribution is -2.52. The Morgan fingerprint density at radius 1 is 1.38 bits per heavy atom. The van der Waals surface area contributed by atoms with Crippen molar-refractivity contribution in [3.05, 3.63) is 47.7 Å². The van der Waals surface area contributed by atoms with Crippen LogP contribution in [0.5, 0.6) is 0 Å². The summed E-state index contributed by atoms with van der Waals surface area (Å²) in [6, 6.07) is 7.94. The minimum atomic E-state index is -0.200. The van der Waals surface area contributed by atoms with Gasteiger partial charge in [-0.3, -0.25) is 9.69 Å². The van der Waals surface area contributed by atoms with E-state index < -0.39 is 0 Å². The Hall–Kier alpha value is -1.81. The lowest BCUT2D eigenvalue weighted by atomic mass is 9.97. The van der Waals surface area contributed by atoms with Crippen molar-refractivity contribution < 1.29 is 9.53 Å². The molecule has 0 bridgehead atoms. The van der Waals surface area contributed by atoms with Crippen molar-refractivity contribution in [2.75, 3.05) is 19.6 Å². The van der Waals surface area contributed by atoms with Crippen LogP contribution in [0.25, 0.3) is 0 Å². The Morgan fingerprint density at radius 2 is 2.24 bits per heavy atom. The monoisotopic (exact) mass is 286 g/mol. The molecule has 1 saturated heterocycles. The molecule has 1 aromatic carbocycles. The smallest absolute Gasteiger partial charge is 0.242 e. The first-order valence-electron chi connectivity index (χ1n) is 7.63. The van der Waals surface area contributed by atoms with Gasteiger partial charge in [0.2, 0.25) is 5.91 Å². The van der Waals surface area contributed by atoms with Crippen LogP contribution in [0.15, 0.2) is 36.6 Å². The maximum Gasteiger partial charge on any atom is 0.242 e. The molecule has 1 amide bonds. The molecule has 1 aromatic rings. The molecule has 21 heavy (non-hydrogen) atoms. The van der Waals surface area contributed by atoms with E-state index in [1.165, 1.54) is 0 Å². The van der Waals surface area contributed by atoms with Gasteiger partial charge in [0, 0.05) is 19.6 Å². The Balaban J connectivity index is 1.81. The third-order valence-electron chi connectivity index (χ3n) is 4.26. The third kappa shape index (κ3) is 3.10. The molecular formula is C17H22N2O2. The molecule has 0 aromatic heterocycles. The highest BCUT2D eigenvalue weighted by atomic mass is 16.5. The number of amides is 1. The summed E-state index contributed by atoms with van der Waals surface area (Å²) in [5.41, 5.74) is 2.26. The lowest BCUT2D eigenvalue weighted by molar-refractivity contribution is -0.130. The molecule has 112 valence electrons. The quantitative estimate of drug-likeness (QED) is 0.926. The molecule has 0 aliphatic carbocycles. The summed E-state index contributed by atoms with van der Waals surface area (Å²) in [6.07, 6.45) is 6.11. The molecule has 3 rings (SSSR count). The van der Waals surface area contributed by atoms with Crippen LogP contribution in [0.1, 0.15) is 30.0 Å². The SMILES string of the molecule is Cc1ccccc1[C@H]1C(=O)NCCN1C[C@@H]1CCC=CO1. The van der Waals surface area contributed by atoms with Crippen molar-refractivity contribution in [3.8, 4) is 0 Å². The summed E-state index contributed by atoms with van der Waals surface area (Å²) in [7, 11) is 0. The molecule has 4 heteroatoms. The maximum atomic E-state index is 12.4. The van der Waals surface area contributed by atoms with E-state index in [1.54, 1.807) is 6.26 Å². The average Bonchev–Trinajstić information content (AvgIpc) is 2.50. The standard InChI is InChI=1S/C17H22N2O2/c1-13-6-2-3-8-15(13)16-17(20)18-9-10-19(16)12-14-7-4-5-11-21-14/h2-3,5-6,8,11,14,16H,4,7,9-10,12H2,1H3,(H,18,20)/t14-,16-/m0/s1. The molecule has 2 aliphatic heterocycles. The minimum Gasteiger partial charge on any atom is -0.497 e. The van der Waals surface area contributed by atoms with Crippen molar-refractivity contribution >= 4 is 5.91 Å².